The van der Waals surface area contributed by atoms with Crippen molar-refractivity contribution >= 4 is 30.7 Å². The van der Waals surface area contributed by atoms with Gasteiger partial charge in [-0.1, -0.05) is 0 Å². The Bertz CT molecular complexity index is 58.7. The number of amides is 2. The van der Waals surface area contributed by atoms with Crippen LogP contribution in [0.4, 0.5) is 0 Å². The molecule has 0 rings (SSSR count). The molecule has 4 nitrogen and oxygen atoms in total. The van der Waals surface area contributed by atoms with E-state index in [0.717, 1.165) is 0 Å². The average Bonchev–Trinajstić information content (AvgIpc) is 1.69. The number of hydrogen-bond donors (Lipinski definition) is 2. The van der Waals surface area contributed by atoms with E-state index in [9.17, 15) is 9.59 Å². The standard InChI is InChI=1S/2CH3NO.Ga/c2*2-1-3;/h2*1H,(H2,2,3);/q;;+2/p-2. The molecule has 2 N–H and O–H groups in total. The number of rotatable bonds is 4. The molecular weight excluding hydrogens is 154 g/mol. The van der Waals surface area contributed by atoms with Crippen molar-refractivity contribution in [3.05, 3.63) is 0 Å². The first-order valence-electron chi connectivity index (χ1n) is 1.63. The first kappa shape index (κ1) is 6.58. The van der Waals surface area contributed by atoms with E-state index in [4.69, 9.17) is 0 Å². The fourth-order valence-electron chi connectivity index (χ4n) is 0.116. The van der Waals surface area contributed by atoms with E-state index in [1.807, 2.05) is 0 Å². The second-order valence-corrected chi connectivity index (χ2v) is 2.72. The molecular formula is C2H4GaN2O2. The first-order valence-corrected chi connectivity index (χ1v) is 4.05. The van der Waals surface area contributed by atoms with Gasteiger partial charge < -0.3 is 0 Å². The number of nitrogens with one attached hydrogen (secondary N) is 2. The van der Waals surface area contributed by atoms with Crippen LogP contribution in [0.15, 0.2) is 0 Å². The van der Waals surface area contributed by atoms with E-state index in [1.165, 1.54) is 0 Å². The van der Waals surface area contributed by atoms with Gasteiger partial charge in [0.2, 0.25) is 0 Å². The third-order valence-electron chi connectivity index (χ3n) is 0.303. The van der Waals surface area contributed by atoms with E-state index in [2.05, 4.69) is 8.05 Å². The maximum absolute atomic E-state index is 9.45. The van der Waals surface area contributed by atoms with Gasteiger partial charge in [0.25, 0.3) is 0 Å². The van der Waals surface area contributed by atoms with Crippen LogP contribution in [-0.4, -0.2) is 30.7 Å². The summed E-state index contributed by atoms with van der Waals surface area (Å²) < 4.78 is 4.76. The fourth-order valence-corrected chi connectivity index (χ4v) is 0.604. The topological polar surface area (TPSA) is 58.2 Å². The van der Waals surface area contributed by atoms with Gasteiger partial charge in [0.1, 0.15) is 0 Å². The second-order valence-electron chi connectivity index (χ2n) is 0.713. The van der Waals surface area contributed by atoms with Crippen molar-refractivity contribution < 1.29 is 9.59 Å². The van der Waals surface area contributed by atoms with Gasteiger partial charge in [0, 0.05) is 0 Å². The van der Waals surface area contributed by atoms with E-state index in [-0.39, 0.29) is 0 Å². The summed E-state index contributed by atoms with van der Waals surface area (Å²) in [6.07, 6.45) is 1.16. The third-order valence-corrected chi connectivity index (χ3v) is 1.57. The molecule has 2 amide bonds. The van der Waals surface area contributed by atoms with Crippen molar-refractivity contribution in [1.29, 1.82) is 0 Å². The van der Waals surface area contributed by atoms with Crippen LogP contribution in [-0.2, 0) is 9.59 Å². The van der Waals surface area contributed by atoms with E-state index in [0.29, 0.717) is 12.8 Å². The Hall–Kier alpha value is -0.424. The Morgan fingerprint density at radius 1 is 1.14 bits per heavy atom. The van der Waals surface area contributed by atoms with Gasteiger partial charge >= 0.3 is 48.3 Å². The Morgan fingerprint density at radius 2 is 1.57 bits per heavy atom. The fraction of sp³-hybridized carbons (Fsp3) is 0. The average molecular weight is 158 g/mol. The molecule has 0 aromatic heterocycles. The molecule has 0 aromatic rings. The van der Waals surface area contributed by atoms with Gasteiger partial charge in [-0.25, -0.2) is 0 Å². The molecule has 0 aliphatic heterocycles. The van der Waals surface area contributed by atoms with Crippen LogP contribution < -0.4 is 8.05 Å². The van der Waals surface area contributed by atoms with Crippen molar-refractivity contribution in [2.75, 3.05) is 0 Å². The van der Waals surface area contributed by atoms with Crippen LogP contribution in [0, 0.1) is 0 Å². The van der Waals surface area contributed by atoms with Crippen LogP contribution in [0.5, 0.6) is 0 Å². The van der Waals surface area contributed by atoms with Crippen LogP contribution in [0.1, 0.15) is 0 Å². The summed E-state index contributed by atoms with van der Waals surface area (Å²) in [5, 5.41) is 0. The van der Waals surface area contributed by atoms with Gasteiger partial charge in [-0.15, -0.1) is 0 Å². The van der Waals surface area contributed by atoms with Gasteiger partial charge in [-0.05, 0) is 0 Å². The molecule has 0 saturated heterocycles. The predicted molar refractivity (Wildman–Crippen MR) is 24.2 cm³/mol. The molecule has 0 saturated carbocycles. The number of carbonyl (C=O) groups is 2. The summed E-state index contributed by atoms with van der Waals surface area (Å²) in [5.41, 5.74) is 0. The molecule has 0 heterocycles. The molecule has 0 aromatic carbocycles. The molecule has 0 unspecified atom stereocenters. The van der Waals surface area contributed by atoms with Crippen LogP contribution in [0.2, 0.25) is 0 Å². The van der Waals surface area contributed by atoms with E-state index < -0.39 is 17.9 Å². The van der Waals surface area contributed by atoms with Crippen molar-refractivity contribution in [2.24, 2.45) is 0 Å². The summed E-state index contributed by atoms with van der Waals surface area (Å²) in [7, 11) is 0. The minimum atomic E-state index is -0.953. The molecule has 0 aliphatic rings. The van der Waals surface area contributed by atoms with Crippen molar-refractivity contribution in [3.8, 4) is 0 Å². The Morgan fingerprint density at radius 3 is 1.86 bits per heavy atom. The zero-order chi connectivity index (χ0) is 5.54. The third kappa shape index (κ3) is 5.58. The zero-order valence-corrected chi connectivity index (χ0v) is 5.97. The number of carbonyl (C=O) groups excluding carboxylic acids is 2. The quantitative estimate of drug-likeness (QED) is 0.282. The normalized spacial score (nSPS) is 6.29. The zero-order valence-electron chi connectivity index (χ0n) is 3.55. The van der Waals surface area contributed by atoms with Gasteiger partial charge in [0.15, 0.2) is 0 Å². The van der Waals surface area contributed by atoms with Crippen molar-refractivity contribution in [3.63, 3.8) is 0 Å². The Kier molecular flexibility index (Phi) is 5.24. The summed E-state index contributed by atoms with van der Waals surface area (Å²) >= 11 is -0.953. The predicted octanol–water partition coefficient (Wildman–Crippen LogP) is -1.99. The van der Waals surface area contributed by atoms with Gasteiger partial charge in [0.05, 0.1) is 0 Å². The molecule has 0 atom stereocenters. The molecule has 7 heavy (non-hydrogen) atoms. The first-order chi connectivity index (χ1) is 3.41. The Balaban J connectivity index is 2.68. The summed E-state index contributed by atoms with van der Waals surface area (Å²) in [4.78, 5) is 18.9. The summed E-state index contributed by atoms with van der Waals surface area (Å²) in [6, 6.07) is 0. The van der Waals surface area contributed by atoms with Crippen LogP contribution in [0.25, 0.3) is 0 Å². The van der Waals surface area contributed by atoms with Crippen molar-refractivity contribution in [2.45, 2.75) is 0 Å². The SMILES string of the molecule is O=C[NH][Ga][NH]C=O. The summed E-state index contributed by atoms with van der Waals surface area (Å²) in [5.74, 6) is 0. The molecule has 0 bridgehead atoms. The number of hydrogen-bond acceptors (Lipinski definition) is 2. The summed E-state index contributed by atoms with van der Waals surface area (Å²) in [6.45, 7) is 0. The van der Waals surface area contributed by atoms with Crippen LogP contribution in [0.3, 0.4) is 0 Å². The van der Waals surface area contributed by atoms with Gasteiger partial charge in [-0.3, -0.25) is 0 Å². The van der Waals surface area contributed by atoms with E-state index in [1.54, 1.807) is 0 Å². The maximum atomic E-state index is 9.45. The molecule has 1 radical (unpaired) electrons. The molecule has 0 spiro atoms. The molecule has 0 aliphatic carbocycles. The minimum absolute atomic E-state index is 0.580. The molecule has 0 fully saturated rings. The molecule has 5 heteroatoms. The Labute approximate surface area is 49.0 Å². The van der Waals surface area contributed by atoms with Crippen molar-refractivity contribution in [1.82, 2.24) is 8.05 Å². The van der Waals surface area contributed by atoms with Gasteiger partial charge in [-0.2, -0.15) is 0 Å². The van der Waals surface area contributed by atoms with Crippen LogP contribution >= 0.6 is 0 Å². The molecule has 37 valence electrons. The monoisotopic (exact) mass is 157 g/mol. The van der Waals surface area contributed by atoms with E-state index >= 15 is 0 Å². The second kappa shape index (κ2) is 5.58.